The van der Waals surface area contributed by atoms with Crippen molar-refractivity contribution < 1.29 is 19.4 Å². The molecule has 1 N–H and O–H groups in total. The van der Waals surface area contributed by atoms with Crippen molar-refractivity contribution in [1.29, 1.82) is 0 Å². The van der Waals surface area contributed by atoms with Crippen molar-refractivity contribution in [3.8, 4) is 0 Å². The molecule has 1 rings (SSSR count). The third kappa shape index (κ3) is 4.18. The van der Waals surface area contributed by atoms with Gasteiger partial charge in [0.1, 0.15) is 0 Å². The van der Waals surface area contributed by atoms with Crippen LogP contribution in [0.15, 0.2) is 0 Å². The first-order chi connectivity index (χ1) is 5.29. The molecule has 0 aromatic heterocycles. The van der Waals surface area contributed by atoms with Gasteiger partial charge in [0.2, 0.25) is 0 Å². The van der Waals surface area contributed by atoms with Crippen LogP contribution in [0.4, 0.5) is 0 Å². The van der Waals surface area contributed by atoms with E-state index in [4.69, 9.17) is 0 Å². The number of hydrogen-bond donors (Lipinski definition) is 1. The predicted octanol–water partition coefficient (Wildman–Crippen LogP) is 1.65. The van der Waals surface area contributed by atoms with Gasteiger partial charge in [-0.2, -0.15) is 0 Å². The van der Waals surface area contributed by atoms with E-state index in [9.17, 15) is 0 Å². The Balaban J connectivity index is 2.09. The van der Waals surface area contributed by atoms with Gasteiger partial charge in [0.15, 0.2) is 0 Å². The molecule has 1 aliphatic rings. The molecule has 0 bridgehead atoms. The van der Waals surface area contributed by atoms with Gasteiger partial charge in [-0.15, -0.1) is 0 Å². The molecule has 1 fully saturated rings. The molecule has 64 valence electrons. The second kappa shape index (κ2) is 5.21. The fraction of sp³-hybridized carbons (Fsp3) is 0.889. The van der Waals surface area contributed by atoms with Crippen molar-refractivity contribution in [1.82, 2.24) is 5.32 Å². The first-order valence-electron chi connectivity index (χ1n) is 4.52. The van der Waals surface area contributed by atoms with E-state index in [1.165, 1.54) is 32.1 Å². The molecule has 0 atom stereocenters. The molecule has 11 heavy (non-hydrogen) atoms. The summed E-state index contributed by atoms with van der Waals surface area (Å²) in [5.41, 5.74) is 0. The Labute approximate surface area is 80.4 Å². The Bertz CT molecular complexity index is 128. The van der Waals surface area contributed by atoms with Crippen LogP contribution in [0.1, 0.15) is 39.0 Å². The average Bonchev–Trinajstić information content (AvgIpc) is 2.03. The zero-order chi connectivity index (χ0) is 8.10. The van der Waals surface area contributed by atoms with Gasteiger partial charge in [0.25, 0.3) is 0 Å². The molecular weight excluding hydrogens is 306 g/mol. The van der Waals surface area contributed by atoms with Crippen LogP contribution in [0.3, 0.4) is 0 Å². The Morgan fingerprint density at radius 1 is 1.36 bits per heavy atom. The van der Waals surface area contributed by atoms with Crippen LogP contribution >= 0.6 is 0 Å². The normalized spacial score (nSPS) is 20.1. The van der Waals surface area contributed by atoms with Gasteiger partial charge in [-0.25, -0.2) is 0 Å². The van der Waals surface area contributed by atoms with Crippen LogP contribution in [0.5, 0.6) is 0 Å². The van der Waals surface area contributed by atoms with E-state index in [1.54, 1.807) is 23.3 Å². The molecule has 1 aliphatic carbocycles. The van der Waals surface area contributed by atoms with Gasteiger partial charge < -0.3 is 0 Å². The van der Waals surface area contributed by atoms with Crippen LogP contribution in [-0.2, 0) is 19.4 Å². The summed E-state index contributed by atoms with van der Waals surface area (Å²) in [4.78, 5) is 0. The monoisotopic (exact) mass is 323 g/mol. The quantitative estimate of drug-likeness (QED) is 0.833. The number of hydrogen-bond acceptors (Lipinski definition) is 1. The topological polar surface area (TPSA) is 12.0 Å². The number of nitrogens with one attached hydrogen (secondary N) is 1. The van der Waals surface area contributed by atoms with Crippen LogP contribution in [-0.4, -0.2) is 16.5 Å². The van der Waals surface area contributed by atoms with E-state index in [2.05, 4.69) is 12.2 Å². The standard InChI is InChI=1S/C9H17N.W/c1-2-8-10-9-6-4-3-5-7-9;/h9-10H,3-8H2,1H3;. The van der Waals surface area contributed by atoms with E-state index in [0.29, 0.717) is 0 Å². The van der Waals surface area contributed by atoms with Gasteiger partial charge in [-0.3, -0.25) is 0 Å². The van der Waals surface area contributed by atoms with E-state index in [-0.39, 0.29) is 0 Å². The van der Waals surface area contributed by atoms with Crippen molar-refractivity contribution in [2.75, 3.05) is 6.54 Å². The van der Waals surface area contributed by atoms with Crippen molar-refractivity contribution in [2.45, 2.75) is 45.1 Å². The Kier molecular flexibility index (Phi) is 4.55. The SMILES string of the molecule is C[C](=[W])CNC1CCCCC1. The van der Waals surface area contributed by atoms with E-state index in [1.807, 2.05) is 0 Å². The molecule has 1 nitrogen and oxygen atoms in total. The average molecular weight is 323 g/mol. The van der Waals surface area contributed by atoms with Gasteiger partial charge >= 0.3 is 80.2 Å². The van der Waals surface area contributed by atoms with Crippen molar-refractivity contribution in [3.05, 3.63) is 0 Å². The number of rotatable bonds is 3. The molecule has 2 heteroatoms. The van der Waals surface area contributed by atoms with Gasteiger partial charge in [0.05, 0.1) is 0 Å². The summed E-state index contributed by atoms with van der Waals surface area (Å²) >= 11 is 1.63. The molecule has 0 spiro atoms. The summed E-state index contributed by atoms with van der Waals surface area (Å²) in [6.07, 6.45) is 7.14. The van der Waals surface area contributed by atoms with E-state index >= 15 is 0 Å². The molecule has 0 aliphatic heterocycles. The molecule has 0 aromatic rings. The molecule has 1 saturated carbocycles. The minimum absolute atomic E-state index is 0.832. The van der Waals surface area contributed by atoms with Gasteiger partial charge in [0, 0.05) is 0 Å². The van der Waals surface area contributed by atoms with Gasteiger partial charge in [-0.1, -0.05) is 0 Å². The van der Waals surface area contributed by atoms with E-state index in [0.717, 1.165) is 12.6 Å². The van der Waals surface area contributed by atoms with Crippen LogP contribution < -0.4 is 5.32 Å². The first-order valence-corrected chi connectivity index (χ1v) is 5.98. The molecule has 0 radical (unpaired) electrons. The maximum absolute atomic E-state index is 3.60. The Morgan fingerprint density at radius 3 is 2.55 bits per heavy atom. The molecule has 0 amide bonds. The summed E-state index contributed by atoms with van der Waals surface area (Å²) in [5.74, 6) is 0. The van der Waals surface area contributed by atoms with Crippen molar-refractivity contribution in [3.63, 3.8) is 0 Å². The van der Waals surface area contributed by atoms with E-state index < -0.39 is 0 Å². The van der Waals surface area contributed by atoms with Crippen molar-refractivity contribution >= 4 is 3.90 Å². The van der Waals surface area contributed by atoms with Crippen LogP contribution in [0, 0.1) is 0 Å². The molecule has 0 heterocycles. The molecule has 0 aromatic carbocycles. The third-order valence-electron chi connectivity index (χ3n) is 2.24. The summed E-state index contributed by atoms with van der Waals surface area (Å²) in [6, 6.07) is 0.832. The molecule has 0 unspecified atom stereocenters. The third-order valence-corrected chi connectivity index (χ3v) is 2.76. The Morgan fingerprint density at radius 2 is 2.00 bits per heavy atom. The summed E-state index contributed by atoms with van der Waals surface area (Å²) in [7, 11) is 0. The summed E-state index contributed by atoms with van der Waals surface area (Å²) in [6.45, 7) is 3.38. The fourth-order valence-electron chi connectivity index (χ4n) is 1.59. The summed E-state index contributed by atoms with van der Waals surface area (Å²) in [5, 5.41) is 3.60. The second-order valence-electron chi connectivity index (χ2n) is 3.42. The fourth-order valence-corrected chi connectivity index (χ4v) is 1.89. The first kappa shape index (κ1) is 9.61. The predicted molar refractivity (Wildman–Crippen MR) is 45.6 cm³/mol. The molecular formula is C9H17NW. The van der Waals surface area contributed by atoms with Crippen molar-refractivity contribution in [2.24, 2.45) is 0 Å². The zero-order valence-electron chi connectivity index (χ0n) is 7.23. The maximum atomic E-state index is 3.60. The second-order valence-corrected chi connectivity index (χ2v) is 5.92. The summed E-state index contributed by atoms with van der Waals surface area (Å²) < 4.78 is 1.58. The van der Waals surface area contributed by atoms with Crippen LogP contribution in [0.25, 0.3) is 0 Å². The molecule has 0 saturated heterocycles. The Hall–Kier alpha value is 0.518. The minimum atomic E-state index is 0.832. The van der Waals surface area contributed by atoms with Gasteiger partial charge in [-0.05, 0) is 0 Å². The van der Waals surface area contributed by atoms with Crippen LogP contribution in [0.2, 0.25) is 0 Å². The zero-order valence-corrected chi connectivity index (χ0v) is 10.2.